The van der Waals surface area contributed by atoms with Crippen molar-refractivity contribution in [2.45, 2.75) is 57.6 Å². The molecule has 98 valence electrons. The first-order valence-electron chi connectivity index (χ1n) is 6.80. The van der Waals surface area contributed by atoms with E-state index in [0.717, 1.165) is 19.4 Å². The molecule has 1 aliphatic heterocycles. The van der Waals surface area contributed by atoms with Crippen LogP contribution in [0.4, 0.5) is 0 Å². The molecule has 0 aromatic carbocycles. The molecule has 0 radical (unpaired) electrons. The molecule has 17 heavy (non-hydrogen) atoms. The molecule has 1 rings (SSSR count). The van der Waals surface area contributed by atoms with Gasteiger partial charge in [0.15, 0.2) is 0 Å². The second-order valence-corrected chi connectivity index (χ2v) is 4.94. The van der Waals surface area contributed by atoms with Gasteiger partial charge in [-0.25, -0.2) is 0 Å². The summed E-state index contributed by atoms with van der Waals surface area (Å²) in [4.78, 5) is 2.51. The Bertz CT molecular complexity index is 251. The highest BCUT2D eigenvalue weighted by molar-refractivity contribution is 5.01. The van der Waals surface area contributed by atoms with Gasteiger partial charge in [0.2, 0.25) is 0 Å². The first-order chi connectivity index (χ1) is 8.22. The van der Waals surface area contributed by atoms with Crippen LogP contribution in [0.15, 0.2) is 0 Å². The third-order valence-corrected chi connectivity index (χ3v) is 3.39. The van der Waals surface area contributed by atoms with Crippen LogP contribution < -0.4 is 5.73 Å². The number of aliphatic hydroxyl groups excluding tert-OH is 1. The zero-order valence-electron chi connectivity index (χ0n) is 11.0. The first-order valence-corrected chi connectivity index (χ1v) is 6.80. The number of likely N-dealkylation sites (tertiary alicyclic amines) is 1. The Balaban J connectivity index is 2.07. The molecule has 2 unspecified atom stereocenters. The normalized spacial score (nSPS) is 20.4. The second-order valence-electron chi connectivity index (χ2n) is 4.94. The van der Waals surface area contributed by atoms with Crippen LogP contribution in [0, 0.1) is 11.8 Å². The fourth-order valence-electron chi connectivity index (χ4n) is 2.29. The topological polar surface area (TPSA) is 49.5 Å². The summed E-state index contributed by atoms with van der Waals surface area (Å²) >= 11 is 0. The number of piperidine rings is 1. The maximum Gasteiger partial charge on any atom is 0.114 e. The third-order valence-electron chi connectivity index (χ3n) is 3.39. The first kappa shape index (κ1) is 14.5. The fourth-order valence-corrected chi connectivity index (χ4v) is 2.29. The van der Waals surface area contributed by atoms with Crippen LogP contribution >= 0.6 is 0 Å². The van der Waals surface area contributed by atoms with Crippen molar-refractivity contribution in [3.63, 3.8) is 0 Å². The summed E-state index contributed by atoms with van der Waals surface area (Å²) in [7, 11) is 0. The number of nitrogens with zero attached hydrogens (tertiary/aromatic N) is 1. The molecule has 1 saturated heterocycles. The van der Waals surface area contributed by atoms with Gasteiger partial charge in [-0.1, -0.05) is 12.3 Å². The smallest absolute Gasteiger partial charge is 0.114 e. The molecule has 1 aliphatic rings. The van der Waals surface area contributed by atoms with Crippen LogP contribution in [0.1, 0.15) is 45.4 Å². The van der Waals surface area contributed by atoms with Crippen molar-refractivity contribution in [1.82, 2.24) is 4.90 Å². The van der Waals surface area contributed by atoms with Crippen molar-refractivity contribution in [2.75, 3.05) is 19.6 Å². The molecule has 0 spiro atoms. The molecular weight excluding hydrogens is 212 g/mol. The molecule has 1 fully saturated rings. The summed E-state index contributed by atoms with van der Waals surface area (Å²) < 4.78 is 0. The van der Waals surface area contributed by atoms with Crippen LogP contribution in [0.25, 0.3) is 0 Å². The lowest BCUT2D eigenvalue weighted by molar-refractivity contribution is 0.202. The highest BCUT2D eigenvalue weighted by atomic mass is 16.3. The number of nitrogens with two attached hydrogens (primary N) is 1. The van der Waals surface area contributed by atoms with Crippen LogP contribution in [0.5, 0.6) is 0 Å². The maximum atomic E-state index is 9.48. The van der Waals surface area contributed by atoms with Crippen molar-refractivity contribution in [3.05, 3.63) is 0 Å². The Labute approximate surface area is 105 Å². The summed E-state index contributed by atoms with van der Waals surface area (Å²) in [6.45, 7) is 5.32. The Morgan fingerprint density at radius 3 is 2.53 bits per heavy atom. The third kappa shape index (κ3) is 6.68. The van der Waals surface area contributed by atoms with Gasteiger partial charge in [-0.3, -0.25) is 0 Å². The highest BCUT2D eigenvalue weighted by Crippen LogP contribution is 2.10. The predicted molar refractivity (Wildman–Crippen MR) is 71.6 cm³/mol. The van der Waals surface area contributed by atoms with Crippen molar-refractivity contribution >= 4 is 0 Å². The Morgan fingerprint density at radius 1 is 1.18 bits per heavy atom. The molecule has 1 heterocycles. The Morgan fingerprint density at radius 2 is 1.88 bits per heavy atom. The minimum Gasteiger partial charge on any atom is -0.380 e. The average molecular weight is 238 g/mol. The molecule has 0 aromatic rings. The lowest BCUT2D eigenvalue weighted by atomic mass is 10.0. The minimum absolute atomic E-state index is 0.199. The van der Waals surface area contributed by atoms with E-state index in [1.165, 1.54) is 32.4 Å². The average Bonchev–Trinajstić information content (AvgIpc) is 2.35. The largest absolute Gasteiger partial charge is 0.380 e. The predicted octanol–water partition coefficient (Wildman–Crippen LogP) is 1.35. The standard InChI is InChI=1S/C14H26N2O/c1-2-6-14(17)8-7-13(15)9-12-16-10-4-3-5-11-16/h13-14,17H,3-5,7-12,15H2,1H3. The quantitative estimate of drug-likeness (QED) is 0.687. The van der Waals surface area contributed by atoms with Gasteiger partial charge in [0.05, 0.1) is 0 Å². The minimum atomic E-state index is -0.499. The van der Waals surface area contributed by atoms with E-state index in [0.29, 0.717) is 6.42 Å². The lowest BCUT2D eigenvalue weighted by Crippen LogP contribution is -2.34. The summed E-state index contributed by atoms with van der Waals surface area (Å²) in [5.41, 5.74) is 6.05. The lowest BCUT2D eigenvalue weighted by Gasteiger charge is -2.27. The Kier molecular flexibility index (Phi) is 7.27. The number of rotatable bonds is 6. The zero-order chi connectivity index (χ0) is 12.5. The molecule has 0 amide bonds. The van der Waals surface area contributed by atoms with Crippen LogP contribution in [-0.2, 0) is 0 Å². The van der Waals surface area contributed by atoms with E-state index in [1.54, 1.807) is 6.92 Å². The number of hydrogen-bond donors (Lipinski definition) is 2. The molecule has 3 heteroatoms. The molecule has 3 nitrogen and oxygen atoms in total. The highest BCUT2D eigenvalue weighted by Gasteiger charge is 2.12. The zero-order valence-corrected chi connectivity index (χ0v) is 11.0. The van der Waals surface area contributed by atoms with E-state index in [4.69, 9.17) is 5.73 Å². The van der Waals surface area contributed by atoms with E-state index in [1.807, 2.05) is 0 Å². The van der Waals surface area contributed by atoms with Gasteiger partial charge >= 0.3 is 0 Å². The molecule has 0 aliphatic carbocycles. The van der Waals surface area contributed by atoms with Crippen LogP contribution in [-0.4, -0.2) is 41.8 Å². The van der Waals surface area contributed by atoms with Gasteiger partial charge in [-0.2, -0.15) is 0 Å². The summed E-state index contributed by atoms with van der Waals surface area (Å²) in [6.07, 6.45) is 6.14. The molecule has 3 N–H and O–H groups in total. The van der Waals surface area contributed by atoms with Crippen molar-refractivity contribution in [3.8, 4) is 11.8 Å². The SMILES string of the molecule is CC#CC(O)CCC(N)CCN1CCCCC1. The van der Waals surface area contributed by atoms with E-state index in [2.05, 4.69) is 16.7 Å². The van der Waals surface area contributed by atoms with E-state index >= 15 is 0 Å². The van der Waals surface area contributed by atoms with Gasteiger partial charge < -0.3 is 15.7 Å². The fraction of sp³-hybridized carbons (Fsp3) is 0.857. The second kappa shape index (κ2) is 8.52. The van der Waals surface area contributed by atoms with Crippen molar-refractivity contribution in [2.24, 2.45) is 5.73 Å². The number of aliphatic hydroxyl groups is 1. The Hall–Kier alpha value is -0.560. The van der Waals surface area contributed by atoms with E-state index in [-0.39, 0.29) is 6.04 Å². The molecular formula is C14H26N2O. The van der Waals surface area contributed by atoms with E-state index in [9.17, 15) is 5.11 Å². The van der Waals surface area contributed by atoms with Gasteiger partial charge in [-0.05, 0) is 58.7 Å². The molecule has 2 atom stereocenters. The van der Waals surface area contributed by atoms with Gasteiger partial charge in [0.1, 0.15) is 6.10 Å². The molecule has 0 aromatic heterocycles. The van der Waals surface area contributed by atoms with Crippen LogP contribution in [0.2, 0.25) is 0 Å². The van der Waals surface area contributed by atoms with Crippen molar-refractivity contribution in [1.29, 1.82) is 0 Å². The van der Waals surface area contributed by atoms with Gasteiger partial charge in [-0.15, -0.1) is 5.92 Å². The summed E-state index contributed by atoms with van der Waals surface area (Å²) in [6, 6.07) is 0.199. The van der Waals surface area contributed by atoms with Gasteiger partial charge in [0.25, 0.3) is 0 Å². The summed E-state index contributed by atoms with van der Waals surface area (Å²) in [5.74, 6) is 5.47. The number of hydrogen-bond acceptors (Lipinski definition) is 3. The van der Waals surface area contributed by atoms with Crippen molar-refractivity contribution < 1.29 is 5.11 Å². The van der Waals surface area contributed by atoms with Crippen LogP contribution in [0.3, 0.4) is 0 Å². The molecule has 0 bridgehead atoms. The molecule has 0 saturated carbocycles. The van der Waals surface area contributed by atoms with E-state index < -0.39 is 6.10 Å². The van der Waals surface area contributed by atoms with Gasteiger partial charge in [0, 0.05) is 6.04 Å². The maximum absolute atomic E-state index is 9.48. The monoisotopic (exact) mass is 238 g/mol. The summed E-state index contributed by atoms with van der Waals surface area (Å²) in [5, 5.41) is 9.48.